The van der Waals surface area contributed by atoms with E-state index in [1.54, 1.807) is 0 Å². The number of rotatable bonds is 2. The molecule has 0 spiro atoms. The van der Waals surface area contributed by atoms with Crippen LogP contribution in [0.4, 0.5) is 0 Å². The van der Waals surface area contributed by atoms with Gasteiger partial charge in [-0.15, -0.1) is 0 Å². The lowest BCUT2D eigenvalue weighted by Crippen LogP contribution is -2.30. The molecule has 0 saturated heterocycles. The average Bonchev–Trinajstić information content (AvgIpc) is 2.91. The minimum absolute atomic E-state index is 0.574. The highest BCUT2D eigenvalue weighted by Crippen LogP contribution is 2.21. The number of aromatic nitrogens is 4. The van der Waals surface area contributed by atoms with Crippen molar-refractivity contribution in [2.75, 3.05) is 6.54 Å². The molecule has 0 bridgehead atoms. The Balaban J connectivity index is 1.59. The molecule has 0 saturated carbocycles. The predicted octanol–water partition coefficient (Wildman–Crippen LogP) is 2.57. The SMILES string of the molecule is S=c1ncc2c([nH]1)CCN(Cc1c[nH]c3ncccc13)C2. The minimum Gasteiger partial charge on any atom is -0.346 e. The van der Waals surface area contributed by atoms with Crippen LogP contribution in [0.5, 0.6) is 0 Å². The molecule has 0 fully saturated rings. The smallest absolute Gasteiger partial charge is 0.196 e. The summed E-state index contributed by atoms with van der Waals surface area (Å²) in [5.41, 5.74) is 4.72. The molecule has 3 aromatic rings. The fourth-order valence-corrected chi connectivity index (χ4v) is 3.10. The quantitative estimate of drug-likeness (QED) is 0.714. The normalized spacial score (nSPS) is 15.2. The lowest BCUT2D eigenvalue weighted by atomic mass is 10.1. The largest absolute Gasteiger partial charge is 0.346 e. The monoisotopic (exact) mass is 297 g/mol. The van der Waals surface area contributed by atoms with Crippen molar-refractivity contribution in [2.24, 2.45) is 0 Å². The number of fused-ring (bicyclic) bond motifs is 2. The predicted molar refractivity (Wildman–Crippen MR) is 83.3 cm³/mol. The Kier molecular flexibility index (Phi) is 3.05. The second-order valence-electron chi connectivity index (χ2n) is 5.37. The van der Waals surface area contributed by atoms with E-state index in [0.717, 1.165) is 31.7 Å². The summed E-state index contributed by atoms with van der Waals surface area (Å²) in [6, 6.07) is 4.10. The van der Waals surface area contributed by atoms with E-state index in [4.69, 9.17) is 12.2 Å². The van der Waals surface area contributed by atoms with E-state index >= 15 is 0 Å². The van der Waals surface area contributed by atoms with Gasteiger partial charge in [0.1, 0.15) is 5.65 Å². The maximum Gasteiger partial charge on any atom is 0.196 e. The molecule has 3 aromatic heterocycles. The van der Waals surface area contributed by atoms with Gasteiger partial charge in [-0.05, 0) is 29.9 Å². The Morgan fingerprint density at radius 1 is 1.33 bits per heavy atom. The zero-order chi connectivity index (χ0) is 14.2. The van der Waals surface area contributed by atoms with Crippen molar-refractivity contribution in [3.8, 4) is 0 Å². The van der Waals surface area contributed by atoms with Crippen LogP contribution in [0.2, 0.25) is 0 Å². The molecule has 4 heterocycles. The van der Waals surface area contributed by atoms with Gasteiger partial charge in [-0.3, -0.25) is 4.90 Å². The van der Waals surface area contributed by atoms with Crippen LogP contribution in [-0.4, -0.2) is 31.4 Å². The third kappa shape index (κ3) is 2.36. The van der Waals surface area contributed by atoms with Crippen LogP contribution in [-0.2, 0) is 19.5 Å². The summed E-state index contributed by atoms with van der Waals surface area (Å²) in [5, 5.41) is 1.20. The zero-order valence-corrected chi connectivity index (χ0v) is 12.3. The zero-order valence-electron chi connectivity index (χ0n) is 11.5. The van der Waals surface area contributed by atoms with E-state index in [1.165, 1.54) is 22.2 Å². The Bertz CT molecular complexity index is 850. The first-order valence-electron chi connectivity index (χ1n) is 7.00. The van der Waals surface area contributed by atoms with Gasteiger partial charge in [0.25, 0.3) is 0 Å². The third-order valence-corrected chi connectivity index (χ3v) is 4.19. The molecular formula is C15H15N5S. The van der Waals surface area contributed by atoms with Crippen molar-refractivity contribution in [1.82, 2.24) is 24.8 Å². The molecule has 0 aliphatic carbocycles. The van der Waals surface area contributed by atoms with E-state index in [9.17, 15) is 0 Å². The second kappa shape index (κ2) is 5.05. The van der Waals surface area contributed by atoms with Crippen LogP contribution in [0.25, 0.3) is 11.0 Å². The summed E-state index contributed by atoms with van der Waals surface area (Å²) in [6.45, 7) is 2.84. The molecule has 0 atom stereocenters. The van der Waals surface area contributed by atoms with Gasteiger partial charge < -0.3 is 9.97 Å². The van der Waals surface area contributed by atoms with Crippen LogP contribution in [0.15, 0.2) is 30.7 Å². The van der Waals surface area contributed by atoms with Crippen molar-refractivity contribution in [2.45, 2.75) is 19.5 Å². The van der Waals surface area contributed by atoms with E-state index in [1.807, 2.05) is 18.5 Å². The Morgan fingerprint density at radius 3 is 3.24 bits per heavy atom. The molecule has 6 heteroatoms. The first kappa shape index (κ1) is 12.7. The molecule has 4 rings (SSSR count). The molecule has 0 amide bonds. The molecule has 2 N–H and O–H groups in total. The number of H-pyrrole nitrogens is 2. The molecule has 0 unspecified atom stereocenters. The Labute approximate surface area is 127 Å². The first-order chi connectivity index (χ1) is 10.3. The maximum absolute atomic E-state index is 5.08. The van der Waals surface area contributed by atoms with Gasteiger partial charge in [-0.1, -0.05) is 0 Å². The van der Waals surface area contributed by atoms with Crippen molar-refractivity contribution < 1.29 is 0 Å². The van der Waals surface area contributed by atoms with Gasteiger partial charge in [0.15, 0.2) is 4.77 Å². The summed E-state index contributed by atoms with van der Waals surface area (Å²) >= 11 is 5.08. The van der Waals surface area contributed by atoms with Crippen LogP contribution in [0.3, 0.4) is 0 Å². The molecular weight excluding hydrogens is 282 g/mol. The maximum atomic E-state index is 5.08. The number of hydrogen-bond donors (Lipinski definition) is 2. The summed E-state index contributed by atoms with van der Waals surface area (Å²) in [6.07, 6.45) is 6.76. The minimum atomic E-state index is 0.574. The molecule has 5 nitrogen and oxygen atoms in total. The van der Waals surface area contributed by atoms with Crippen LogP contribution in [0.1, 0.15) is 16.8 Å². The van der Waals surface area contributed by atoms with Gasteiger partial charge in [0, 0.05) is 61.3 Å². The fourth-order valence-electron chi connectivity index (χ4n) is 2.92. The fraction of sp³-hybridized carbons (Fsp3) is 0.267. The Hall–Kier alpha value is -2.05. The van der Waals surface area contributed by atoms with Gasteiger partial charge in [-0.2, -0.15) is 0 Å². The highest BCUT2D eigenvalue weighted by molar-refractivity contribution is 7.71. The van der Waals surface area contributed by atoms with E-state index < -0.39 is 0 Å². The number of nitrogens with one attached hydrogen (secondary N) is 2. The van der Waals surface area contributed by atoms with E-state index in [-0.39, 0.29) is 0 Å². The van der Waals surface area contributed by atoms with Gasteiger partial charge in [0.2, 0.25) is 0 Å². The van der Waals surface area contributed by atoms with E-state index in [2.05, 4.69) is 37.1 Å². The van der Waals surface area contributed by atoms with Crippen LogP contribution >= 0.6 is 12.2 Å². The van der Waals surface area contributed by atoms with Crippen molar-refractivity contribution in [3.05, 3.63) is 52.3 Å². The number of hydrogen-bond acceptors (Lipinski definition) is 4. The molecule has 1 aliphatic rings. The lowest BCUT2D eigenvalue weighted by molar-refractivity contribution is 0.243. The number of pyridine rings is 1. The van der Waals surface area contributed by atoms with Crippen molar-refractivity contribution >= 4 is 23.3 Å². The standard InChI is InChI=1S/C15H15N5S/c21-15-18-7-11-9-20(5-3-13(11)19-15)8-10-6-17-14-12(10)2-1-4-16-14/h1-2,4,6-7H,3,5,8-9H2,(H,16,17)(H,18,19,21). The molecule has 0 radical (unpaired) electrons. The topological polar surface area (TPSA) is 60.6 Å². The van der Waals surface area contributed by atoms with Crippen molar-refractivity contribution in [1.29, 1.82) is 0 Å². The molecule has 21 heavy (non-hydrogen) atoms. The summed E-state index contributed by atoms with van der Waals surface area (Å²) in [5.74, 6) is 0. The molecule has 1 aliphatic heterocycles. The van der Waals surface area contributed by atoms with E-state index in [0.29, 0.717) is 4.77 Å². The Morgan fingerprint density at radius 2 is 2.29 bits per heavy atom. The molecule has 0 aromatic carbocycles. The summed E-state index contributed by atoms with van der Waals surface area (Å²) < 4.78 is 0.574. The lowest BCUT2D eigenvalue weighted by Gasteiger charge is -2.27. The van der Waals surface area contributed by atoms with Crippen LogP contribution < -0.4 is 0 Å². The number of aromatic amines is 2. The molecule has 106 valence electrons. The first-order valence-corrected chi connectivity index (χ1v) is 7.41. The van der Waals surface area contributed by atoms with Gasteiger partial charge in [-0.25, -0.2) is 9.97 Å². The summed E-state index contributed by atoms with van der Waals surface area (Å²) in [4.78, 5) is 17.4. The summed E-state index contributed by atoms with van der Waals surface area (Å²) in [7, 11) is 0. The third-order valence-electron chi connectivity index (χ3n) is 3.99. The average molecular weight is 297 g/mol. The highest BCUT2D eigenvalue weighted by Gasteiger charge is 2.18. The number of nitrogens with zero attached hydrogens (tertiary/aromatic N) is 3. The van der Waals surface area contributed by atoms with Gasteiger partial charge in [0.05, 0.1) is 0 Å². The second-order valence-corrected chi connectivity index (χ2v) is 5.75. The van der Waals surface area contributed by atoms with Gasteiger partial charge >= 0.3 is 0 Å². The highest BCUT2D eigenvalue weighted by atomic mass is 32.1. The van der Waals surface area contributed by atoms with Crippen molar-refractivity contribution in [3.63, 3.8) is 0 Å². The van der Waals surface area contributed by atoms with Crippen LogP contribution in [0, 0.1) is 4.77 Å².